The van der Waals surface area contributed by atoms with Gasteiger partial charge in [0.25, 0.3) is 0 Å². The number of hydrogen-bond donors (Lipinski definition) is 2. The molecule has 1 aromatic rings. The van der Waals surface area contributed by atoms with Crippen molar-refractivity contribution in [1.82, 2.24) is 19.8 Å². The standard InChI is InChI=1S/C14H23N5O3/c1-3-16-14(21)18-7-5-10(6-8-18)19-9-17-11(12(19)15)13(20)22-4-2/h9-10H,3-8,15H2,1-2H3,(H,16,21). The Morgan fingerprint density at radius 3 is 2.68 bits per heavy atom. The van der Waals surface area contributed by atoms with Crippen LogP contribution in [0.4, 0.5) is 10.6 Å². The summed E-state index contributed by atoms with van der Waals surface area (Å²) in [5.74, 6) is -0.173. The number of carbonyl (C=O) groups excluding carboxylic acids is 2. The maximum absolute atomic E-state index is 11.8. The summed E-state index contributed by atoms with van der Waals surface area (Å²) >= 11 is 0. The van der Waals surface area contributed by atoms with Crippen molar-refractivity contribution >= 4 is 17.8 Å². The van der Waals surface area contributed by atoms with Crippen LogP contribution in [-0.2, 0) is 4.74 Å². The van der Waals surface area contributed by atoms with Gasteiger partial charge in [0, 0.05) is 25.7 Å². The molecule has 8 heteroatoms. The van der Waals surface area contributed by atoms with E-state index in [9.17, 15) is 9.59 Å². The van der Waals surface area contributed by atoms with Crippen LogP contribution in [0.2, 0.25) is 0 Å². The number of amides is 2. The van der Waals surface area contributed by atoms with Gasteiger partial charge in [-0.05, 0) is 26.7 Å². The molecule has 3 N–H and O–H groups in total. The molecule has 1 aliphatic heterocycles. The minimum absolute atomic E-state index is 0.0354. The molecule has 0 bridgehead atoms. The largest absolute Gasteiger partial charge is 0.461 e. The maximum Gasteiger partial charge on any atom is 0.360 e. The second-order valence-electron chi connectivity index (χ2n) is 5.16. The third-order valence-electron chi connectivity index (χ3n) is 3.77. The number of aromatic nitrogens is 2. The second kappa shape index (κ2) is 7.15. The van der Waals surface area contributed by atoms with Crippen LogP contribution in [0.3, 0.4) is 0 Å². The number of nitrogens with two attached hydrogens (primary N) is 1. The summed E-state index contributed by atoms with van der Waals surface area (Å²) in [4.78, 5) is 29.4. The predicted molar refractivity (Wildman–Crippen MR) is 81.5 cm³/mol. The van der Waals surface area contributed by atoms with Gasteiger partial charge in [-0.2, -0.15) is 0 Å². The van der Waals surface area contributed by atoms with Gasteiger partial charge in [-0.15, -0.1) is 0 Å². The van der Waals surface area contributed by atoms with Crippen molar-refractivity contribution in [2.75, 3.05) is 32.0 Å². The van der Waals surface area contributed by atoms with E-state index in [0.29, 0.717) is 25.5 Å². The molecule has 0 saturated carbocycles. The first kappa shape index (κ1) is 16.1. The number of carbonyl (C=O) groups is 2. The van der Waals surface area contributed by atoms with E-state index in [1.807, 2.05) is 6.92 Å². The predicted octanol–water partition coefficient (Wildman–Crippen LogP) is 1.01. The number of nitrogens with zero attached hydrogens (tertiary/aromatic N) is 3. The molecule has 2 heterocycles. The van der Waals surface area contributed by atoms with Gasteiger partial charge >= 0.3 is 12.0 Å². The average Bonchev–Trinajstić information content (AvgIpc) is 2.89. The Bertz CT molecular complexity index is 535. The molecule has 22 heavy (non-hydrogen) atoms. The van der Waals surface area contributed by atoms with Crippen molar-refractivity contribution in [3.05, 3.63) is 12.0 Å². The van der Waals surface area contributed by atoms with E-state index in [1.54, 1.807) is 22.7 Å². The number of urea groups is 1. The summed E-state index contributed by atoms with van der Waals surface area (Å²) in [6.07, 6.45) is 3.13. The van der Waals surface area contributed by atoms with Crippen LogP contribution in [0, 0.1) is 0 Å². The van der Waals surface area contributed by atoms with E-state index >= 15 is 0 Å². The number of imidazole rings is 1. The molecule has 2 rings (SSSR count). The van der Waals surface area contributed by atoms with Gasteiger partial charge in [0.05, 0.1) is 12.9 Å². The van der Waals surface area contributed by atoms with Crippen LogP contribution >= 0.6 is 0 Å². The number of hydrogen-bond acceptors (Lipinski definition) is 5. The zero-order valence-electron chi connectivity index (χ0n) is 13.0. The van der Waals surface area contributed by atoms with Crippen LogP contribution in [-0.4, -0.2) is 52.7 Å². The van der Waals surface area contributed by atoms with Gasteiger partial charge in [-0.25, -0.2) is 14.6 Å². The number of nitrogen functional groups attached to an aromatic ring is 1. The molecule has 0 aliphatic carbocycles. The van der Waals surface area contributed by atoms with Gasteiger partial charge in [0.1, 0.15) is 5.82 Å². The van der Waals surface area contributed by atoms with Gasteiger partial charge in [-0.1, -0.05) is 0 Å². The molecular formula is C14H23N5O3. The molecule has 0 unspecified atom stereocenters. The number of ether oxygens (including phenoxy) is 1. The Morgan fingerprint density at radius 2 is 2.09 bits per heavy atom. The Labute approximate surface area is 129 Å². The van der Waals surface area contributed by atoms with E-state index in [1.165, 1.54) is 0 Å². The van der Waals surface area contributed by atoms with Crippen LogP contribution in [0.5, 0.6) is 0 Å². The Balaban J connectivity index is 2.00. The highest BCUT2D eigenvalue weighted by molar-refractivity contribution is 5.92. The average molecular weight is 309 g/mol. The van der Waals surface area contributed by atoms with Gasteiger partial charge in [-0.3, -0.25) is 0 Å². The molecule has 1 aromatic heterocycles. The molecule has 1 fully saturated rings. The normalized spacial score (nSPS) is 15.6. The molecule has 0 spiro atoms. The molecular weight excluding hydrogens is 286 g/mol. The van der Waals surface area contributed by atoms with Crippen molar-refractivity contribution in [3.8, 4) is 0 Å². The van der Waals surface area contributed by atoms with E-state index < -0.39 is 5.97 Å². The fourth-order valence-corrected chi connectivity index (χ4v) is 2.63. The lowest BCUT2D eigenvalue weighted by atomic mass is 10.1. The molecule has 1 saturated heterocycles. The first-order valence-corrected chi connectivity index (χ1v) is 7.60. The van der Waals surface area contributed by atoms with Crippen molar-refractivity contribution < 1.29 is 14.3 Å². The molecule has 122 valence electrons. The summed E-state index contributed by atoms with van der Waals surface area (Å²) in [6, 6.07) is 0.105. The molecule has 0 radical (unpaired) electrons. The maximum atomic E-state index is 11.8. The van der Waals surface area contributed by atoms with Crippen LogP contribution in [0.15, 0.2) is 6.33 Å². The van der Waals surface area contributed by atoms with E-state index in [4.69, 9.17) is 10.5 Å². The number of anilines is 1. The first-order valence-electron chi connectivity index (χ1n) is 7.60. The lowest BCUT2D eigenvalue weighted by Crippen LogP contribution is -2.44. The highest BCUT2D eigenvalue weighted by Crippen LogP contribution is 2.26. The van der Waals surface area contributed by atoms with E-state index in [0.717, 1.165) is 12.8 Å². The third-order valence-corrected chi connectivity index (χ3v) is 3.77. The van der Waals surface area contributed by atoms with E-state index in [2.05, 4.69) is 10.3 Å². The lowest BCUT2D eigenvalue weighted by Gasteiger charge is -2.32. The van der Waals surface area contributed by atoms with Crippen LogP contribution in [0.1, 0.15) is 43.2 Å². The number of likely N-dealkylation sites (tertiary alicyclic amines) is 1. The van der Waals surface area contributed by atoms with Crippen LogP contribution in [0.25, 0.3) is 0 Å². The highest BCUT2D eigenvalue weighted by Gasteiger charge is 2.26. The number of rotatable bonds is 4. The first-order chi connectivity index (χ1) is 10.6. The quantitative estimate of drug-likeness (QED) is 0.808. The SMILES string of the molecule is CCNC(=O)N1CCC(n2cnc(C(=O)OCC)c2N)CC1. The molecule has 0 atom stereocenters. The van der Waals surface area contributed by atoms with Crippen molar-refractivity contribution in [2.45, 2.75) is 32.7 Å². The van der Waals surface area contributed by atoms with Gasteiger partial charge in [0.15, 0.2) is 5.69 Å². The molecule has 1 aliphatic rings. The van der Waals surface area contributed by atoms with Gasteiger partial charge in [0.2, 0.25) is 0 Å². The second-order valence-corrected chi connectivity index (χ2v) is 5.16. The van der Waals surface area contributed by atoms with Gasteiger partial charge < -0.3 is 25.3 Å². The fourth-order valence-electron chi connectivity index (χ4n) is 2.63. The Morgan fingerprint density at radius 1 is 1.41 bits per heavy atom. The summed E-state index contributed by atoms with van der Waals surface area (Å²) in [5, 5.41) is 2.80. The Kier molecular flexibility index (Phi) is 5.24. The van der Waals surface area contributed by atoms with Crippen molar-refractivity contribution in [2.24, 2.45) is 0 Å². The number of nitrogens with one attached hydrogen (secondary N) is 1. The molecule has 8 nitrogen and oxygen atoms in total. The molecule has 2 amide bonds. The minimum atomic E-state index is -0.501. The fraction of sp³-hybridized carbons (Fsp3) is 0.643. The molecule has 0 aromatic carbocycles. The van der Waals surface area contributed by atoms with Crippen LogP contribution < -0.4 is 11.1 Å². The summed E-state index contributed by atoms with van der Waals surface area (Å²) in [7, 11) is 0. The highest BCUT2D eigenvalue weighted by atomic mass is 16.5. The third kappa shape index (κ3) is 3.32. The zero-order valence-corrected chi connectivity index (χ0v) is 13.0. The number of esters is 1. The minimum Gasteiger partial charge on any atom is -0.461 e. The summed E-state index contributed by atoms with van der Waals surface area (Å²) in [6.45, 7) is 5.85. The lowest BCUT2D eigenvalue weighted by molar-refractivity contribution is 0.0521. The summed E-state index contributed by atoms with van der Waals surface area (Å²) < 4.78 is 6.74. The zero-order chi connectivity index (χ0) is 16.1. The van der Waals surface area contributed by atoms with Crippen molar-refractivity contribution in [3.63, 3.8) is 0 Å². The van der Waals surface area contributed by atoms with Crippen molar-refractivity contribution in [1.29, 1.82) is 0 Å². The number of piperidine rings is 1. The smallest absolute Gasteiger partial charge is 0.360 e. The van der Waals surface area contributed by atoms with E-state index in [-0.39, 0.29) is 24.4 Å². The summed E-state index contributed by atoms with van der Waals surface area (Å²) in [5.41, 5.74) is 6.17. The Hall–Kier alpha value is -2.25. The topological polar surface area (TPSA) is 102 Å². The monoisotopic (exact) mass is 309 g/mol.